The van der Waals surface area contributed by atoms with Crippen LogP contribution in [0.15, 0.2) is 36.7 Å². The predicted octanol–water partition coefficient (Wildman–Crippen LogP) is 1.64. The molecule has 70 valence electrons. The fourth-order valence-electron chi connectivity index (χ4n) is 1.24. The van der Waals surface area contributed by atoms with Crippen molar-refractivity contribution in [3.05, 3.63) is 36.7 Å². The first-order valence-electron chi connectivity index (χ1n) is 4.19. The molecule has 0 atom stereocenters. The monoisotopic (exact) mass is 187 g/mol. The van der Waals surface area contributed by atoms with Crippen molar-refractivity contribution in [2.45, 2.75) is 0 Å². The van der Waals surface area contributed by atoms with Gasteiger partial charge < -0.3 is 5.32 Å². The van der Waals surface area contributed by atoms with Crippen molar-refractivity contribution in [2.75, 3.05) is 5.32 Å². The zero-order valence-corrected chi connectivity index (χ0v) is 7.40. The van der Waals surface area contributed by atoms with Crippen LogP contribution in [0.4, 0.5) is 5.69 Å². The molecule has 4 heteroatoms. The van der Waals surface area contributed by atoms with Gasteiger partial charge in [-0.2, -0.15) is 5.10 Å². The van der Waals surface area contributed by atoms with Gasteiger partial charge in [-0.15, -0.1) is 0 Å². The summed E-state index contributed by atoms with van der Waals surface area (Å²) in [4.78, 5) is 10.2. The number of rotatable bonds is 3. The summed E-state index contributed by atoms with van der Waals surface area (Å²) < 4.78 is 0. The summed E-state index contributed by atoms with van der Waals surface area (Å²) in [6.07, 6.45) is 4.23. The van der Waals surface area contributed by atoms with Gasteiger partial charge in [0.05, 0.1) is 6.20 Å². The van der Waals surface area contributed by atoms with Crippen molar-refractivity contribution < 1.29 is 4.79 Å². The maximum Gasteiger partial charge on any atom is 0.211 e. The Hall–Kier alpha value is -2.10. The molecule has 0 aliphatic heterocycles. The highest BCUT2D eigenvalue weighted by atomic mass is 16.1. The second kappa shape index (κ2) is 3.74. The van der Waals surface area contributed by atoms with Crippen LogP contribution in [0.1, 0.15) is 0 Å². The normalized spacial score (nSPS) is 9.71. The Morgan fingerprint density at radius 3 is 2.57 bits per heavy atom. The number of benzene rings is 1. The molecule has 0 unspecified atom stereocenters. The van der Waals surface area contributed by atoms with Crippen LogP contribution < -0.4 is 5.32 Å². The lowest BCUT2D eigenvalue weighted by Gasteiger charge is -1.99. The molecule has 1 aromatic carbocycles. The highest BCUT2D eigenvalue weighted by Gasteiger charge is 1.97. The van der Waals surface area contributed by atoms with Crippen molar-refractivity contribution in [1.82, 2.24) is 10.2 Å². The van der Waals surface area contributed by atoms with Crippen LogP contribution in [0.25, 0.3) is 11.1 Å². The number of amides is 1. The molecule has 0 aliphatic rings. The average molecular weight is 187 g/mol. The highest BCUT2D eigenvalue weighted by Crippen LogP contribution is 2.19. The van der Waals surface area contributed by atoms with Gasteiger partial charge in [0.15, 0.2) is 0 Å². The van der Waals surface area contributed by atoms with Crippen molar-refractivity contribution in [2.24, 2.45) is 0 Å². The predicted molar refractivity (Wildman–Crippen MR) is 53.7 cm³/mol. The number of nitrogens with one attached hydrogen (secondary N) is 2. The topological polar surface area (TPSA) is 57.8 Å². The maximum absolute atomic E-state index is 10.2. The van der Waals surface area contributed by atoms with E-state index in [4.69, 9.17) is 0 Å². The molecule has 14 heavy (non-hydrogen) atoms. The number of nitrogens with zero attached hydrogens (tertiary/aromatic N) is 1. The van der Waals surface area contributed by atoms with E-state index in [2.05, 4.69) is 15.5 Å². The maximum atomic E-state index is 10.2. The average Bonchev–Trinajstić information content (AvgIpc) is 2.72. The van der Waals surface area contributed by atoms with Gasteiger partial charge in [0.1, 0.15) is 0 Å². The van der Waals surface area contributed by atoms with Crippen LogP contribution in [0.3, 0.4) is 0 Å². The van der Waals surface area contributed by atoms with E-state index in [1.165, 1.54) is 0 Å². The Labute approximate surface area is 81.0 Å². The molecule has 2 N–H and O–H groups in total. The van der Waals surface area contributed by atoms with Gasteiger partial charge in [-0.1, -0.05) is 12.1 Å². The molecular formula is C10H9N3O. The molecule has 1 heterocycles. The van der Waals surface area contributed by atoms with E-state index in [0.29, 0.717) is 6.41 Å². The third-order valence-electron chi connectivity index (χ3n) is 1.94. The number of H-pyrrole nitrogens is 1. The molecule has 0 saturated heterocycles. The molecule has 0 radical (unpaired) electrons. The molecule has 0 saturated carbocycles. The largest absolute Gasteiger partial charge is 0.329 e. The van der Waals surface area contributed by atoms with Gasteiger partial charge in [0.25, 0.3) is 0 Å². The molecule has 4 nitrogen and oxygen atoms in total. The van der Waals surface area contributed by atoms with Gasteiger partial charge >= 0.3 is 0 Å². The SMILES string of the molecule is O=CNc1ccc(-c2cn[nH]c2)cc1. The quantitative estimate of drug-likeness (QED) is 0.718. The van der Waals surface area contributed by atoms with E-state index < -0.39 is 0 Å². The molecule has 0 aliphatic carbocycles. The standard InChI is InChI=1S/C10H9N3O/c14-7-11-10-3-1-8(2-4-10)9-5-12-13-6-9/h1-7H,(H,11,14)(H,12,13). The Kier molecular flexibility index (Phi) is 2.27. The van der Waals surface area contributed by atoms with Crippen molar-refractivity contribution in [1.29, 1.82) is 0 Å². The van der Waals surface area contributed by atoms with Crippen molar-refractivity contribution in [3.8, 4) is 11.1 Å². The second-order valence-corrected chi connectivity index (χ2v) is 2.83. The lowest BCUT2D eigenvalue weighted by atomic mass is 10.1. The van der Waals surface area contributed by atoms with Gasteiger partial charge in [-0.05, 0) is 17.7 Å². The summed E-state index contributed by atoms with van der Waals surface area (Å²) in [5.74, 6) is 0. The number of carbonyl (C=O) groups excluding carboxylic acids is 1. The molecule has 0 fully saturated rings. The van der Waals surface area contributed by atoms with E-state index in [-0.39, 0.29) is 0 Å². The number of aromatic amines is 1. The third kappa shape index (κ3) is 1.64. The van der Waals surface area contributed by atoms with Crippen LogP contribution in [0.2, 0.25) is 0 Å². The highest BCUT2D eigenvalue weighted by molar-refractivity contribution is 5.73. The van der Waals surface area contributed by atoms with E-state index in [1.54, 1.807) is 6.20 Å². The molecule has 0 bridgehead atoms. The smallest absolute Gasteiger partial charge is 0.211 e. The Morgan fingerprint density at radius 2 is 2.00 bits per heavy atom. The lowest BCUT2D eigenvalue weighted by Crippen LogP contribution is -1.92. The Morgan fingerprint density at radius 1 is 1.21 bits per heavy atom. The van der Waals surface area contributed by atoms with Gasteiger partial charge in [-0.25, -0.2) is 0 Å². The van der Waals surface area contributed by atoms with Crippen molar-refractivity contribution >= 4 is 12.1 Å². The van der Waals surface area contributed by atoms with Crippen LogP contribution in [-0.4, -0.2) is 16.6 Å². The van der Waals surface area contributed by atoms with Gasteiger partial charge in [-0.3, -0.25) is 9.89 Å². The van der Waals surface area contributed by atoms with Gasteiger partial charge in [0, 0.05) is 17.4 Å². The first-order valence-corrected chi connectivity index (χ1v) is 4.19. The zero-order chi connectivity index (χ0) is 9.80. The number of hydrogen-bond acceptors (Lipinski definition) is 2. The molecule has 1 amide bonds. The number of anilines is 1. The van der Waals surface area contributed by atoms with E-state index in [1.807, 2.05) is 30.5 Å². The first kappa shape index (κ1) is 8.50. The Balaban J connectivity index is 2.26. The van der Waals surface area contributed by atoms with Gasteiger partial charge in [0.2, 0.25) is 6.41 Å². The van der Waals surface area contributed by atoms with E-state index >= 15 is 0 Å². The summed E-state index contributed by atoms with van der Waals surface area (Å²) >= 11 is 0. The van der Waals surface area contributed by atoms with Crippen LogP contribution in [0.5, 0.6) is 0 Å². The molecule has 2 rings (SSSR count). The number of aromatic nitrogens is 2. The van der Waals surface area contributed by atoms with Crippen LogP contribution in [0, 0.1) is 0 Å². The molecule has 1 aromatic heterocycles. The fourth-order valence-corrected chi connectivity index (χ4v) is 1.24. The summed E-state index contributed by atoms with van der Waals surface area (Å²) in [7, 11) is 0. The van der Waals surface area contributed by atoms with E-state index in [9.17, 15) is 4.79 Å². The first-order chi connectivity index (χ1) is 6.90. The lowest BCUT2D eigenvalue weighted by molar-refractivity contribution is -0.105. The molecule has 0 spiro atoms. The van der Waals surface area contributed by atoms with Crippen LogP contribution in [-0.2, 0) is 4.79 Å². The Bertz CT molecular complexity index is 405. The molecular weight excluding hydrogens is 178 g/mol. The fraction of sp³-hybridized carbons (Fsp3) is 0. The minimum Gasteiger partial charge on any atom is -0.329 e. The summed E-state index contributed by atoms with van der Waals surface area (Å²) in [5.41, 5.74) is 2.88. The number of hydrogen-bond donors (Lipinski definition) is 2. The third-order valence-corrected chi connectivity index (χ3v) is 1.94. The summed E-state index contributed by atoms with van der Waals surface area (Å²) in [6, 6.07) is 7.54. The van der Waals surface area contributed by atoms with Crippen LogP contribution >= 0.6 is 0 Å². The van der Waals surface area contributed by atoms with Crippen molar-refractivity contribution in [3.63, 3.8) is 0 Å². The zero-order valence-electron chi connectivity index (χ0n) is 7.40. The summed E-state index contributed by atoms with van der Waals surface area (Å²) in [6.45, 7) is 0. The minimum absolute atomic E-state index is 0.660. The summed E-state index contributed by atoms with van der Waals surface area (Å²) in [5, 5.41) is 9.18. The number of carbonyl (C=O) groups is 1. The van der Waals surface area contributed by atoms with E-state index in [0.717, 1.165) is 16.8 Å². The second-order valence-electron chi connectivity index (χ2n) is 2.83. The minimum atomic E-state index is 0.660. The molecule has 2 aromatic rings.